The van der Waals surface area contributed by atoms with Crippen molar-refractivity contribution in [2.45, 2.75) is 13.8 Å². The Hall–Kier alpha value is -1.91. The first kappa shape index (κ1) is 14.2. The molecule has 0 radical (unpaired) electrons. The predicted octanol–water partition coefficient (Wildman–Crippen LogP) is 1.59. The van der Waals surface area contributed by atoms with Gasteiger partial charge in [-0.15, -0.1) is 0 Å². The molecule has 0 aliphatic rings. The van der Waals surface area contributed by atoms with Crippen LogP contribution in [0.4, 0.5) is 10.1 Å². The van der Waals surface area contributed by atoms with Gasteiger partial charge in [0.15, 0.2) is 6.29 Å². The van der Waals surface area contributed by atoms with E-state index in [0.717, 1.165) is 0 Å². The van der Waals surface area contributed by atoms with Gasteiger partial charge in [-0.05, 0) is 18.1 Å². The molecule has 0 fully saturated rings. The highest BCUT2D eigenvalue weighted by molar-refractivity contribution is 5.87. The minimum atomic E-state index is -0.559. The summed E-state index contributed by atoms with van der Waals surface area (Å²) in [6.07, 6.45) is 0.576. The molecule has 0 saturated carbocycles. The van der Waals surface area contributed by atoms with Crippen molar-refractivity contribution in [1.82, 2.24) is 0 Å². The van der Waals surface area contributed by atoms with E-state index in [1.807, 2.05) is 13.8 Å². The fourth-order valence-corrected chi connectivity index (χ4v) is 1.82. The lowest BCUT2D eigenvalue weighted by Gasteiger charge is -2.26. The SMILES string of the molecule is CC(C)CN(CC(N)=O)c1c(F)cccc1C=O. The third kappa shape index (κ3) is 3.55. The highest BCUT2D eigenvalue weighted by Crippen LogP contribution is 2.24. The highest BCUT2D eigenvalue weighted by atomic mass is 19.1. The molecule has 0 unspecified atom stereocenters. The maximum absolute atomic E-state index is 13.8. The summed E-state index contributed by atoms with van der Waals surface area (Å²) in [4.78, 5) is 23.5. The second kappa shape index (κ2) is 6.14. The summed E-state index contributed by atoms with van der Waals surface area (Å²) in [6, 6.07) is 4.23. The molecule has 0 aliphatic heterocycles. The van der Waals surface area contributed by atoms with Gasteiger partial charge in [0.1, 0.15) is 5.82 Å². The number of rotatable bonds is 6. The molecule has 0 bridgehead atoms. The van der Waals surface area contributed by atoms with E-state index < -0.39 is 11.7 Å². The minimum Gasteiger partial charge on any atom is -0.368 e. The second-order valence-corrected chi connectivity index (χ2v) is 4.54. The number of nitrogens with zero attached hydrogens (tertiary/aromatic N) is 1. The second-order valence-electron chi connectivity index (χ2n) is 4.54. The van der Waals surface area contributed by atoms with Gasteiger partial charge in [-0.3, -0.25) is 9.59 Å². The number of carbonyl (C=O) groups excluding carboxylic acids is 2. The average Bonchev–Trinajstić information content (AvgIpc) is 2.26. The lowest BCUT2D eigenvalue weighted by Crippen LogP contribution is -2.37. The predicted molar refractivity (Wildman–Crippen MR) is 68.0 cm³/mol. The molecule has 1 aromatic carbocycles. The van der Waals surface area contributed by atoms with Crippen LogP contribution in [0.2, 0.25) is 0 Å². The number of hydrogen-bond acceptors (Lipinski definition) is 3. The average molecular weight is 252 g/mol. The van der Waals surface area contributed by atoms with Crippen LogP contribution in [-0.2, 0) is 4.79 Å². The molecule has 0 saturated heterocycles. The van der Waals surface area contributed by atoms with Crippen molar-refractivity contribution in [1.29, 1.82) is 0 Å². The van der Waals surface area contributed by atoms with Gasteiger partial charge >= 0.3 is 0 Å². The monoisotopic (exact) mass is 252 g/mol. The summed E-state index contributed by atoms with van der Waals surface area (Å²) >= 11 is 0. The van der Waals surface area contributed by atoms with E-state index in [2.05, 4.69) is 0 Å². The number of hydrogen-bond donors (Lipinski definition) is 1. The number of carbonyl (C=O) groups is 2. The molecule has 5 heteroatoms. The Bertz CT molecular complexity index is 447. The third-order valence-corrected chi connectivity index (χ3v) is 2.39. The largest absolute Gasteiger partial charge is 0.368 e. The molecular weight excluding hydrogens is 235 g/mol. The van der Waals surface area contributed by atoms with Crippen LogP contribution < -0.4 is 10.6 Å². The Balaban J connectivity index is 3.18. The van der Waals surface area contributed by atoms with Crippen LogP contribution in [0.1, 0.15) is 24.2 Å². The highest BCUT2D eigenvalue weighted by Gasteiger charge is 2.18. The fourth-order valence-electron chi connectivity index (χ4n) is 1.82. The molecule has 98 valence electrons. The molecule has 4 nitrogen and oxygen atoms in total. The Labute approximate surface area is 106 Å². The summed E-state index contributed by atoms with van der Waals surface area (Å²) in [5.74, 6) is -0.874. The van der Waals surface area contributed by atoms with E-state index >= 15 is 0 Å². The molecule has 0 aliphatic carbocycles. The third-order valence-electron chi connectivity index (χ3n) is 2.39. The van der Waals surface area contributed by atoms with Crippen molar-refractivity contribution < 1.29 is 14.0 Å². The van der Waals surface area contributed by atoms with Crippen molar-refractivity contribution in [3.63, 3.8) is 0 Å². The van der Waals surface area contributed by atoms with Crippen molar-refractivity contribution >= 4 is 17.9 Å². The zero-order valence-corrected chi connectivity index (χ0v) is 10.5. The van der Waals surface area contributed by atoms with Gasteiger partial charge in [0.05, 0.1) is 12.2 Å². The summed E-state index contributed by atoms with van der Waals surface area (Å²) in [5, 5.41) is 0. The van der Waals surface area contributed by atoms with Crippen molar-refractivity contribution in [2.75, 3.05) is 18.0 Å². The van der Waals surface area contributed by atoms with Crippen LogP contribution in [0, 0.1) is 11.7 Å². The number of aldehydes is 1. The van der Waals surface area contributed by atoms with Gasteiger partial charge in [-0.2, -0.15) is 0 Å². The molecule has 1 aromatic rings. The van der Waals surface area contributed by atoms with E-state index in [4.69, 9.17) is 5.73 Å². The number of nitrogens with two attached hydrogens (primary N) is 1. The maximum Gasteiger partial charge on any atom is 0.236 e. The molecule has 0 heterocycles. The van der Waals surface area contributed by atoms with E-state index in [1.54, 1.807) is 0 Å². The minimum absolute atomic E-state index is 0.111. The quantitative estimate of drug-likeness (QED) is 0.782. The van der Waals surface area contributed by atoms with Crippen molar-refractivity contribution in [3.8, 4) is 0 Å². The summed E-state index contributed by atoms with van der Waals surface area (Å²) in [6.45, 7) is 4.22. The normalized spacial score (nSPS) is 10.4. The molecule has 0 atom stereocenters. The molecule has 18 heavy (non-hydrogen) atoms. The number of amides is 1. The number of para-hydroxylation sites is 1. The summed E-state index contributed by atoms with van der Waals surface area (Å²) < 4.78 is 13.8. The van der Waals surface area contributed by atoms with Crippen LogP contribution in [0.5, 0.6) is 0 Å². The maximum atomic E-state index is 13.8. The summed E-state index contributed by atoms with van der Waals surface area (Å²) in [7, 11) is 0. The topological polar surface area (TPSA) is 63.4 Å². The van der Waals surface area contributed by atoms with Crippen LogP contribution in [-0.4, -0.2) is 25.3 Å². The smallest absolute Gasteiger partial charge is 0.236 e. The number of primary amides is 1. The van der Waals surface area contributed by atoms with Crippen LogP contribution in [0.25, 0.3) is 0 Å². The molecule has 0 aromatic heterocycles. The van der Waals surface area contributed by atoms with E-state index in [9.17, 15) is 14.0 Å². The Morgan fingerprint density at radius 1 is 1.50 bits per heavy atom. The number of halogens is 1. The molecule has 1 rings (SSSR count). The van der Waals surface area contributed by atoms with Crippen molar-refractivity contribution in [3.05, 3.63) is 29.6 Å². The Kier molecular flexibility index (Phi) is 4.83. The summed E-state index contributed by atoms with van der Waals surface area (Å²) in [5.41, 5.74) is 5.51. The molecule has 0 spiro atoms. The van der Waals surface area contributed by atoms with Crippen molar-refractivity contribution in [2.24, 2.45) is 11.7 Å². The number of anilines is 1. The standard InChI is InChI=1S/C13H17FN2O2/c1-9(2)6-16(7-12(15)18)13-10(8-17)4-3-5-11(13)14/h3-5,8-9H,6-7H2,1-2H3,(H2,15,18). The lowest BCUT2D eigenvalue weighted by atomic mass is 10.1. The molecular formula is C13H17FN2O2. The van der Waals surface area contributed by atoms with E-state index in [0.29, 0.717) is 12.8 Å². The first-order chi connectivity index (χ1) is 8.45. The first-order valence-corrected chi connectivity index (χ1v) is 5.72. The Morgan fingerprint density at radius 3 is 2.67 bits per heavy atom. The molecule has 2 N–H and O–H groups in total. The van der Waals surface area contributed by atoms with Crippen LogP contribution in [0.15, 0.2) is 18.2 Å². The first-order valence-electron chi connectivity index (χ1n) is 5.72. The van der Waals surface area contributed by atoms with Gasteiger partial charge in [-0.1, -0.05) is 19.9 Å². The van der Waals surface area contributed by atoms with E-state index in [1.165, 1.54) is 23.1 Å². The fraction of sp³-hybridized carbons (Fsp3) is 0.385. The lowest BCUT2D eigenvalue weighted by molar-refractivity contribution is -0.116. The number of benzene rings is 1. The zero-order valence-electron chi connectivity index (χ0n) is 10.5. The van der Waals surface area contributed by atoms with Gasteiger partial charge in [-0.25, -0.2) is 4.39 Å². The Morgan fingerprint density at radius 2 is 2.17 bits per heavy atom. The molecule has 1 amide bonds. The van der Waals surface area contributed by atoms with Crippen LogP contribution >= 0.6 is 0 Å². The van der Waals surface area contributed by atoms with E-state index in [-0.39, 0.29) is 23.7 Å². The van der Waals surface area contributed by atoms with Gasteiger partial charge < -0.3 is 10.6 Å². The zero-order chi connectivity index (χ0) is 13.7. The van der Waals surface area contributed by atoms with Crippen LogP contribution in [0.3, 0.4) is 0 Å². The van der Waals surface area contributed by atoms with Gasteiger partial charge in [0, 0.05) is 12.1 Å². The van der Waals surface area contributed by atoms with Gasteiger partial charge in [0.2, 0.25) is 5.91 Å². The van der Waals surface area contributed by atoms with Gasteiger partial charge in [0.25, 0.3) is 0 Å².